The van der Waals surface area contributed by atoms with Gasteiger partial charge in [0.2, 0.25) is 0 Å². The van der Waals surface area contributed by atoms with Crippen molar-refractivity contribution in [3.05, 3.63) is 53.5 Å². The quantitative estimate of drug-likeness (QED) is 0.690. The number of hydrogen-bond acceptors (Lipinski definition) is 4. The number of nitrogens with one attached hydrogen (secondary N) is 2. The molecule has 0 saturated carbocycles. The molecule has 5 rings (SSSR count). The summed E-state index contributed by atoms with van der Waals surface area (Å²) in [7, 11) is 0. The van der Waals surface area contributed by atoms with E-state index < -0.39 is 0 Å². The lowest BCUT2D eigenvalue weighted by Crippen LogP contribution is -2.41. The highest BCUT2D eigenvalue weighted by atomic mass is 16.5. The number of nitrogens with zero attached hydrogens (tertiary/aromatic N) is 3. The molecule has 1 saturated heterocycles. The van der Waals surface area contributed by atoms with Gasteiger partial charge in [0.05, 0.1) is 41.7 Å². The van der Waals surface area contributed by atoms with E-state index in [9.17, 15) is 9.59 Å². The number of morpholine rings is 1. The molecule has 1 atom stereocenters. The second kappa shape index (κ2) is 7.95. The number of H-pyrrole nitrogens is 1. The largest absolute Gasteiger partial charge is 0.378 e. The summed E-state index contributed by atoms with van der Waals surface area (Å²) in [4.78, 5) is 30.7. The molecule has 2 amide bonds. The Labute approximate surface area is 174 Å². The molecule has 8 nitrogen and oxygen atoms in total. The minimum Gasteiger partial charge on any atom is -0.378 e. The summed E-state index contributed by atoms with van der Waals surface area (Å²) in [5.41, 5.74) is 3.17. The summed E-state index contributed by atoms with van der Waals surface area (Å²) in [6.07, 6.45) is 5.20. The standard InChI is InChI=1S/C22H25N5O3/c28-21(17-3-1-2-16-4-6-23-20(16)17)24-13-15-5-7-27-19(12-15)18(14-25-27)22(29)26-8-10-30-11-9-26/h1-4,6,14-15,23H,5,7-13H2,(H,24,28)/t15-/m0/s1. The fraction of sp³-hybridized carbons (Fsp3) is 0.409. The number of hydrogen-bond donors (Lipinski definition) is 2. The van der Waals surface area contributed by atoms with E-state index in [1.165, 1.54) is 0 Å². The lowest BCUT2D eigenvalue weighted by atomic mass is 9.94. The summed E-state index contributed by atoms with van der Waals surface area (Å²) >= 11 is 0. The van der Waals surface area contributed by atoms with Gasteiger partial charge in [-0.1, -0.05) is 12.1 Å². The third-order valence-corrected chi connectivity index (χ3v) is 6.09. The third-order valence-electron chi connectivity index (χ3n) is 6.09. The molecule has 0 aliphatic carbocycles. The van der Waals surface area contributed by atoms with Crippen molar-refractivity contribution in [1.82, 2.24) is 25.0 Å². The zero-order valence-electron chi connectivity index (χ0n) is 16.8. The molecule has 1 aromatic carbocycles. The Kier molecular flexibility index (Phi) is 5.00. The first-order valence-corrected chi connectivity index (χ1v) is 10.5. The number of amides is 2. The van der Waals surface area contributed by atoms with Crippen molar-refractivity contribution in [3.8, 4) is 0 Å². The van der Waals surface area contributed by atoms with Crippen LogP contribution in [0.3, 0.4) is 0 Å². The van der Waals surface area contributed by atoms with Crippen LogP contribution in [0.4, 0.5) is 0 Å². The first kappa shape index (κ1) is 18.9. The molecule has 2 aliphatic rings. The number of carbonyl (C=O) groups is 2. The van der Waals surface area contributed by atoms with Crippen LogP contribution >= 0.6 is 0 Å². The van der Waals surface area contributed by atoms with Gasteiger partial charge in [0.25, 0.3) is 11.8 Å². The molecule has 0 bridgehead atoms. The van der Waals surface area contributed by atoms with E-state index in [-0.39, 0.29) is 17.7 Å². The number of aromatic amines is 1. The van der Waals surface area contributed by atoms with Gasteiger partial charge in [0.15, 0.2) is 0 Å². The van der Waals surface area contributed by atoms with Gasteiger partial charge < -0.3 is 19.9 Å². The monoisotopic (exact) mass is 407 g/mol. The van der Waals surface area contributed by atoms with Crippen molar-refractivity contribution in [3.63, 3.8) is 0 Å². The van der Waals surface area contributed by atoms with Crippen LogP contribution in [-0.2, 0) is 17.7 Å². The average Bonchev–Trinajstić information content (AvgIpc) is 3.44. The zero-order chi connectivity index (χ0) is 20.5. The van der Waals surface area contributed by atoms with Gasteiger partial charge in [-0.05, 0) is 30.9 Å². The first-order chi connectivity index (χ1) is 14.7. The first-order valence-electron chi connectivity index (χ1n) is 10.5. The highest BCUT2D eigenvalue weighted by molar-refractivity contribution is 6.05. The van der Waals surface area contributed by atoms with E-state index in [2.05, 4.69) is 15.4 Å². The highest BCUT2D eigenvalue weighted by Crippen LogP contribution is 2.24. The molecule has 0 unspecified atom stereocenters. The van der Waals surface area contributed by atoms with Crippen LogP contribution in [0.15, 0.2) is 36.7 Å². The Morgan fingerprint density at radius 2 is 2.03 bits per heavy atom. The van der Waals surface area contributed by atoms with Crippen LogP contribution in [0.1, 0.15) is 32.8 Å². The predicted octanol–water partition coefficient (Wildman–Crippen LogP) is 1.83. The normalized spacial score (nSPS) is 18.9. The number of aromatic nitrogens is 3. The van der Waals surface area contributed by atoms with Crippen LogP contribution in [0.2, 0.25) is 0 Å². The molecule has 2 aliphatic heterocycles. The Hall–Kier alpha value is -3.13. The number of para-hydroxylation sites is 1. The second-order valence-electron chi connectivity index (χ2n) is 7.95. The number of benzene rings is 1. The molecule has 156 valence electrons. The number of aryl methyl sites for hydroxylation is 1. The fourth-order valence-electron chi connectivity index (χ4n) is 4.40. The maximum absolute atomic E-state index is 12.9. The molecule has 0 radical (unpaired) electrons. The average molecular weight is 407 g/mol. The van der Waals surface area contributed by atoms with E-state index in [1.54, 1.807) is 6.20 Å². The van der Waals surface area contributed by atoms with Crippen LogP contribution in [-0.4, -0.2) is 64.3 Å². The second-order valence-corrected chi connectivity index (χ2v) is 7.95. The number of carbonyl (C=O) groups excluding carboxylic acids is 2. The van der Waals surface area contributed by atoms with E-state index in [1.807, 2.05) is 40.0 Å². The summed E-state index contributed by atoms with van der Waals surface area (Å²) in [6.45, 7) is 3.74. The molecule has 2 N–H and O–H groups in total. The van der Waals surface area contributed by atoms with E-state index in [4.69, 9.17) is 4.74 Å². The molecule has 3 aromatic rings. The number of ether oxygens (including phenoxy) is 1. The predicted molar refractivity (Wildman–Crippen MR) is 111 cm³/mol. The van der Waals surface area contributed by atoms with E-state index in [0.717, 1.165) is 36.0 Å². The highest BCUT2D eigenvalue weighted by Gasteiger charge is 2.28. The molecule has 2 aromatic heterocycles. The molecule has 0 spiro atoms. The molecule has 30 heavy (non-hydrogen) atoms. The van der Waals surface area contributed by atoms with Crippen molar-refractivity contribution in [2.45, 2.75) is 19.4 Å². The van der Waals surface area contributed by atoms with Crippen LogP contribution in [0, 0.1) is 5.92 Å². The van der Waals surface area contributed by atoms with Crippen LogP contribution in [0.5, 0.6) is 0 Å². The number of rotatable bonds is 4. The Morgan fingerprint density at radius 3 is 2.90 bits per heavy atom. The molecule has 1 fully saturated rings. The van der Waals surface area contributed by atoms with Gasteiger partial charge >= 0.3 is 0 Å². The summed E-state index contributed by atoms with van der Waals surface area (Å²) in [6, 6.07) is 7.68. The van der Waals surface area contributed by atoms with Crippen molar-refractivity contribution < 1.29 is 14.3 Å². The van der Waals surface area contributed by atoms with Crippen LogP contribution < -0.4 is 5.32 Å². The van der Waals surface area contributed by atoms with Crippen molar-refractivity contribution >= 4 is 22.7 Å². The summed E-state index contributed by atoms with van der Waals surface area (Å²) < 4.78 is 7.29. The lowest BCUT2D eigenvalue weighted by molar-refractivity contribution is 0.0301. The third kappa shape index (κ3) is 3.47. The van der Waals surface area contributed by atoms with Crippen molar-refractivity contribution in [1.29, 1.82) is 0 Å². The van der Waals surface area contributed by atoms with Crippen molar-refractivity contribution in [2.24, 2.45) is 5.92 Å². The summed E-state index contributed by atoms with van der Waals surface area (Å²) in [5.74, 6) is 0.228. The van der Waals surface area contributed by atoms with Crippen LogP contribution in [0.25, 0.3) is 10.9 Å². The lowest BCUT2D eigenvalue weighted by Gasteiger charge is -2.28. The topological polar surface area (TPSA) is 92.2 Å². The fourth-order valence-corrected chi connectivity index (χ4v) is 4.40. The molecular formula is C22H25N5O3. The van der Waals surface area contributed by atoms with Gasteiger partial charge in [-0.15, -0.1) is 0 Å². The SMILES string of the molecule is O=C(NC[C@H]1CCn2ncc(C(=O)N3CCOCC3)c2C1)c1cccc2cc[nH]c12. The van der Waals surface area contributed by atoms with E-state index >= 15 is 0 Å². The Bertz CT molecular complexity index is 1080. The smallest absolute Gasteiger partial charge is 0.257 e. The summed E-state index contributed by atoms with van der Waals surface area (Å²) in [5, 5.41) is 8.53. The van der Waals surface area contributed by atoms with Gasteiger partial charge in [0.1, 0.15) is 0 Å². The molecular weight excluding hydrogens is 382 g/mol. The number of fused-ring (bicyclic) bond motifs is 2. The van der Waals surface area contributed by atoms with Crippen molar-refractivity contribution in [2.75, 3.05) is 32.8 Å². The molecule has 8 heteroatoms. The maximum Gasteiger partial charge on any atom is 0.257 e. The zero-order valence-corrected chi connectivity index (χ0v) is 16.8. The molecule has 4 heterocycles. The van der Waals surface area contributed by atoms with Gasteiger partial charge in [-0.3, -0.25) is 14.3 Å². The minimum absolute atomic E-state index is 0.0302. The van der Waals surface area contributed by atoms with Gasteiger partial charge in [-0.2, -0.15) is 5.10 Å². The van der Waals surface area contributed by atoms with Gasteiger partial charge in [-0.25, -0.2) is 0 Å². The van der Waals surface area contributed by atoms with E-state index in [0.29, 0.717) is 44.0 Å². The Balaban J connectivity index is 1.26. The maximum atomic E-state index is 12.9. The van der Waals surface area contributed by atoms with Gasteiger partial charge in [0, 0.05) is 37.8 Å². The Morgan fingerprint density at radius 1 is 1.17 bits per heavy atom. The minimum atomic E-state index is -0.0771.